The van der Waals surface area contributed by atoms with Crippen molar-refractivity contribution in [2.75, 3.05) is 0 Å². The van der Waals surface area contributed by atoms with E-state index in [1.54, 1.807) is 0 Å². The Labute approximate surface area is 106 Å². The van der Waals surface area contributed by atoms with Crippen molar-refractivity contribution in [1.82, 2.24) is 4.98 Å². The molecule has 1 aromatic heterocycles. The van der Waals surface area contributed by atoms with Crippen LogP contribution in [0, 0.1) is 12.8 Å². The van der Waals surface area contributed by atoms with E-state index < -0.39 is 5.97 Å². The molecule has 0 bridgehead atoms. The Kier molecular flexibility index (Phi) is 3.24. The Morgan fingerprint density at radius 2 is 2.11 bits per heavy atom. The second-order valence-corrected chi connectivity index (χ2v) is 4.79. The van der Waals surface area contributed by atoms with E-state index in [1.165, 1.54) is 6.08 Å². The zero-order valence-electron chi connectivity index (χ0n) is 10.8. The summed E-state index contributed by atoms with van der Waals surface area (Å²) in [6, 6.07) is 6.05. The quantitative estimate of drug-likeness (QED) is 0.809. The number of fused-ring (bicyclic) bond motifs is 1. The van der Waals surface area contributed by atoms with Crippen LogP contribution in [0.15, 0.2) is 30.5 Å². The third kappa shape index (κ3) is 2.16. The predicted molar refractivity (Wildman–Crippen MR) is 73.5 cm³/mol. The molecule has 3 heteroatoms. The van der Waals surface area contributed by atoms with Gasteiger partial charge in [0.05, 0.1) is 0 Å². The SMILES string of the molecule is Cc1cccc2c(/C(=C\C(=O)O)C(C)C)c[nH]c12. The lowest BCUT2D eigenvalue weighted by Gasteiger charge is -2.09. The number of aryl methyl sites for hydroxylation is 1. The number of aromatic amines is 1. The van der Waals surface area contributed by atoms with E-state index in [2.05, 4.69) is 4.98 Å². The van der Waals surface area contributed by atoms with Gasteiger partial charge >= 0.3 is 5.97 Å². The first-order valence-corrected chi connectivity index (χ1v) is 6.02. The second kappa shape index (κ2) is 4.69. The van der Waals surface area contributed by atoms with Gasteiger partial charge in [0, 0.05) is 28.7 Å². The number of allylic oxidation sites excluding steroid dienone is 1. The van der Waals surface area contributed by atoms with Crippen LogP contribution in [-0.2, 0) is 4.79 Å². The first kappa shape index (κ1) is 12.4. The number of carbonyl (C=O) groups is 1. The van der Waals surface area contributed by atoms with Crippen LogP contribution in [0.1, 0.15) is 25.0 Å². The molecular weight excluding hydrogens is 226 g/mol. The van der Waals surface area contributed by atoms with Crippen molar-refractivity contribution < 1.29 is 9.90 Å². The molecule has 18 heavy (non-hydrogen) atoms. The maximum Gasteiger partial charge on any atom is 0.328 e. The van der Waals surface area contributed by atoms with Crippen LogP contribution < -0.4 is 0 Å². The summed E-state index contributed by atoms with van der Waals surface area (Å²) in [5.41, 5.74) is 4.06. The number of hydrogen-bond donors (Lipinski definition) is 2. The molecule has 0 aliphatic carbocycles. The summed E-state index contributed by atoms with van der Waals surface area (Å²) in [7, 11) is 0. The Hall–Kier alpha value is -2.03. The van der Waals surface area contributed by atoms with Gasteiger partial charge in [-0.2, -0.15) is 0 Å². The monoisotopic (exact) mass is 243 g/mol. The van der Waals surface area contributed by atoms with Crippen LogP contribution >= 0.6 is 0 Å². The minimum atomic E-state index is -0.902. The van der Waals surface area contributed by atoms with Crippen LogP contribution in [-0.4, -0.2) is 16.1 Å². The molecule has 0 atom stereocenters. The molecule has 0 radical (unpaired) electrons. The maximum absolute atomic E-state index is 10.9. The van der Waals surface area contributed by atoms with Crippen LogP contribution in [0.25, 0.3) is 16.5 Å². The number of rotatable bonds is 3. The first-order chi connectivity index (χ1) is 8.50. The molecule has 2 aromatic rings. The predicted octanol–water partition coefficient (Wildman–Crippen LogP) is 3.60. The molecule has 0 unspecified atom stereocenters. The van der Waals surface area contributed by atoms with Crippen LogP contribution in [0.3, 0.4) is 0 Å². The Bertz CT molecular complexity index is 620. The summed E-state index contributed by atoms with van der Waals surface area (Å²) >= 11 is 0. The van der Waals surface area contributed by atoms with Crippen molar-refractivity contribution in [3.63, 3.8) is 0 Å². The van der Waals surface area contributed by atoms with E-state index in [9.17, 15) is 4.79 Å². The average Bonchev–Trinajstić information content (AvgIpc) is 2.70. The largest absolute Gasteiger partial charge is 0.478 e. The number of aromatic nitrogens is 1. The molecular formula is C15H17NO2. The summed E-state index contributed by atoms with van der Waals surface area (Å²) in [5.74, 6) is -0.735. The standard InChI is InChI=1S/C15H17NO2/c1-9(2)12(7-14(17)18)13-8-16-15-10(3)5-4-6-11(13)15/h4-9,16H,1-3H3,(H,17,18)/b12-7-. The number of H-pyrrole nitrogens is 1. The number of carboxylic acids is 1. The van der Waals surface area contributed by atoms with E-state index in [1.807, 2.05) is 45.2 Å². The Morgan fingerprint density at radius 3 is 2.72 bits per heavy atom. The van der Waals surface area contributed by atoms with E-state index in [-0.39, 0.29) is 5.92 Å². The molecule has 2 N–H and O–H groups in total. The third-order valence-electron chi connectivity index (χ3n) is 3.14. The number of para-hydroxylation sites is 1. The van der Waals surface area contributed by atoms with Crippen LogP contribution in [0.4, 0.5) is 0 Å². The normalized spacial score (nSPS) is 12.3. The fourth-order valence-electron chi connectivity index (χ4n) is 2.23. The lowest BCUT2D eigenvalue weighted by Crippen LogP contribution is -1.98. The van der Waals surface area contributed by atoms with Crippen molar-refractivity contribution in [3.8, 4) is 0 Å². The average molecular weight is 243 g/mol. The van der Waals surface area contributed by atoms with E-state index in [0.717, 1.165) is 27.6 Å². The molecule has 1 heterocycles. The Balaban J connectivity index is 2.66. The Morgan fingerprint density at radius 1 is 1.39 bits per heavy atom. The second-order valence-electron chi connectivity index (χ2n) is 4.79. The molecule has 0 aliphatic rings. The summed E-state index contributed by atoms with van der Waals surface area (Å²) in [6.45, 7) is 6.05. The fourth-order valence-corrected chi connectivity index (χ4v) is 2.23. The van der Waals surface area contributed by atoms with Crippen molar-refractivity contribution >= 4 is 22.4 Å². The molecule has 0 aliphatic heterocycles. The topological polar surface area (TPSA) is 53.1 Å². The highest BCUT2D eigenvalue weighted by molar-refractivity contribution is 5.99. The lowest BCUT2D eigenvalue weighted by molar-refractivity contribution is -0.131. The molecule has 0 fully saturated rings. The summed E-state index contributed by atoms with van der Waals surface area (Å²) < 4.78 is 0. The maximum atomic E-state index is 10.9. The highest BCUT2D eigenvalue weighted by atomic mass is 16.4. The molecule has 2 rings (SSSR count). The van der Waals surface area contributed by atoms with Gasteiger partial charge in [0.15, 0.2) is 0 Å². The fraction of sp³-hybridized carbons (Fsp3) is 0.267. The highest BCUT2D eigenvalue weighted by Gasteiger charge is 2.13. The number of carboxylic acid groups (broad SMARTS) is 1. The summed E-state index contributed by atoms with van der Waals surface area (Å²) in [5, 5.41) is 10.1. The number of aliphatic carboxylic acids is 1. The van der Waals surface area contributed by atoms with Gasteiger partial charge in [-0.25, -0.2) is 4.79 Å². The zero-order valence-corrected chi connectivity index (χ0v) is 10.8. The lowest BCUT2D eigenvalue weighted by atomic mass is 9.94. The van der Waals surface area contributed by atoms with Crippen LogP contribution in [0.2, 0.25) is 0 Å². The van der Waals surface area contributed by atoms with Gasteiger partial charge < -0.3 is 10.1 Å². The van der Waals surface area contributed by atoms with Gasteiger partial charge in [-0.05, 0) is 24.0 Å². The van der Waals surface area contributed by atoms with Crippen molar-refractivity contribution in [2.45, 2.75) is 20.8 Å². The van der Waals surface area contributed by atoms with Crippen LogP contribution in [0.5, 0.6) is 0 Å². The number of nitrogens with one attached hydrogen (secondary N) is 1. The van der Waals surface area contributed by atoms with Crippen molar-refractivity contribution in [1.29, 1.82) is 0 Å². The summed E-state index contributed by atoms with van der Waals surface area (Å²) in [6.07, 6.45) is 3.20. The molecule has 3 nitrogen and oxygen atoms in total. The number of hydrogen-bond acceptors (Lipinski definition) is 1. The highest BCUT2D eigenvalue weighted by Crippen LogP contribution is 2.31. The third-order valence-corrected chi connectivity index (χ3v) is 3.14. The summed E-state index contributed by atoms with van der Waals surface area (Å²) in [4.78, 5) is 14.2. The number of benzene rings is 1. The molecule has 1 aromatic carbocycles. The molecule has 0 saturated carbocycles. The van der Waals surface area contributed by atoms with E-state index >= 15 is 0 Å². The molecule has 0 amide bonds. The minimum absolute atomic E-state index is 0.167. The van der Waals surface area contributed by atoms with Gasteiger partial charge in [-0.3, -0.25) is 0 Å². The zero-order chi connectivity index (χ0) is 13.3. The van der Waals surface area contributed by atoms with Crippen molar-refractivity contribution in [2.24, 2.45) is 5.92 Å². The first-order valence-electron chi connectivity index (χ1n) is 6.02. The van der Waals surface area contributed by atoms with Crippen molar-refractivity contribution in [3.05, 3.63) is 41.6 Å². The van der Waals surface area contributed by atoms with Gasteiger partial charge in [-0.15, -0.1) is 0 Å². The van der Waals surface area contributed by atoms with Gasteiger partial charge in [0.2, 0.25) is 0 Å². The molecule has 0 saturated heterocycles. The van der Waals surface area contributed by atoms with Gasteiger partial charge in [0.25, 0.3) is 0 Å². The molecule has 94 valence electrons. The smallest absolute Gasteiger partial charge is 0.328 e. The van der Waals surface area contributed by atoms with Gasteiger partial charge in [0.1, 0.15) is 0 Å². The van der Waals surface area contributed by atoms with Gasteiger partial charge in [-0.1, -0.05) is 32.0 Å². The molecule has 0 spiro atoms. The van der Waals surface area contributed by atoms with E-state index in [0.29, 0.717) is 0 Å². The van der Waals surface area contributed by atoms with E-state index in [4.69, 9.17) is 5.11 Å². The minimum Gasteiger partial charge on any atom is -0.478 e.